The Labute approximate surface area is 114 Å². The van der Waals surface area contributed by atoms with Crippen molar-refractivity contribution in [1.82, 2.24) is 19.7 Å². The highest BCUT2D eigenvalue weighted by Gasteiger charge is 2.08. The number of para-hydroxylation sites is 1. The minimum absolute atomic E-state index is 0.0490. The summed E-state index contributed by atoms with van der Waals surface area (Å²) in [6, 6.07) is 9.41. The Morgan fingerprint density at radius 3 is 2.90 bits per heavy atom. The van der Waals surface area contributed by atoms with Gasteiger partial charge in [-0.25, -0.2) is 9.67 Å². The number of nitrogens with zero attached hydrogens (tertiary/aromatic N) is 4. The maximum atomic E-state index is 12.0. The van der Waals surface area contributed by atoms with Crippen molar-refractivity contribution < 1.29 is 4.79 Å². The summed E-state index contributed by atoms with van der Waals surface area (Å²) >= 11 is 0. The summed E-state index contributed by atoms with van der Waals surface area (Å²) in [5, 5.41) is 7.64. The van der Waals surface area contributed by atoms with Crippen molar-refractivity contribution in [3.8, 4) is 0 Å². The predicted molar refractivity (Wildman–Crippen MR) is 74.8 cm³/mol. The topological polar surface area (TPSA) is 98.7 Å². The standard InChI is InChI=1S/C13H12N6O/c14-13-16-8-19(18-13)7-11(20)17-10-5-1-3-9-4-2-6-15-12(9)10/h1-6,8H,7H2,(H2,14,18)(H,17,20). The van der Waals surface area contributed by atoms with Gasteiger partial charge < -0.3 is 11.1 Å². The number of hydrogen-bond donors (Lipinski definition) is 2. The number of nitrogens with two attached hydrogens (primary N) is 1. The number of anilines is 2. The molecule has 3 rings (SSSR count). The first-order chi connectivity index (χ1) is 9.72. The molecule has 0 unspecified atom stereocenters. The fraction of sp³-hybridized carbons (Fsp3) is 0.0769. The average Bonchev–Trinajstić information content (AvgIpc) is 2.84. The normalized spacial score (nSPS) is 10.6. The van der Waals surface area contributed by atoms with Crippen molar-refractivity contribution >= 4 is 28.4 Å². The number of fused-ring (bicyclic) bond motifs is 1. The van der Waals surface area contributed by atoms with Gasteiger partial charge in [-0.2, -0.15) is 0 Å². The molecule has 20 heavy (non-hydrogen) atoms. The van der Waals surface area contributed by atoms with Gasteiger partial charge in [-0.3, -0.25) is 9.78 Å². The van der Waals surface area contributed by atoms with Crippen LogP contribution in [-0.2, 0) is 11.3 Å². The lowest BCUT2D eigenvalue weighted by Gasteiger charge is -2.07. The molecule has 2 heterocycles. The molecule has 7 heteroatoms. The molecule has 0 bridgehead atoms. The van der Waals surface area contributed by atoms with E-state index in [0.717, 1.165) is 10.9 Å². The Bertz CT molecular complexity index is 761. The van der Waals surface area contributed by atoms with Gasteiger partial charge in [-0.15, -0.1) is 5.10 Å². The summed E-state index contributed by atoms with van der Waals surface area (Å²) in [5.74, 6) is -0.0716. The Balaban J connectivity index is 1.81. The zero-order valence-electron chi connectivity index (χ0n) is 10.5. The smallest absolute Gasteiger partial charge is 0.246 e. The van der Waals surface area contributed by atoms with E-state index in [2.05, 4.69) is 20.4 Å². The van der Waals surface area contributed by atoms with E-state index in [4.69, 9.17) is 5.73 Å². The number of nitrogen functional groups attached to an aromatic ring is 1. The third-order valence-electron chi connectivity index (χ3n) is 2.77. The zero-order chi connectivity index (χ0) is 13.9. The lowest BCUT2D eigenvalue weighted by Crippen LogP contribution is -2.19. The fourth-order valence-electron chi connectivity index (χ4n) is 1.93. The summed E-state index contributed by atoms with van der Waals surface area (Å²) < 4.78 is 1.38. The minimum atomic E-state index is -0.215. The molecule has 100 valence electrons. The van der Waals surface area contributed by atoms with E-state index in [1.54, 1.807) is 6.20 Å². The SMILES string of the molecule is Nc1ncn(CC(=O)Nc2cccc3cccnc23)n1. The molecule has 0 saturated heterocycles. The maximum absolute atomic E-state index is 12.0. The largest absolute Gasteiger partial charge is 0.367 e. The molecule has 0 aliphatic carbocycles. The second-order valence-electron chi connectivity index (χ2n) is 4.23. The molecule has 7 nitrogen and oxygen atoms in total. The Hall–Kier alpha value is -2.96. The van der Waals surface area contributed by atoms with Crippen molar-refractivity contribution in [1.29, 1.82) is 0 Å². The summed E-state index contributed by atoms with van der Waals surface area (Å²) in [5.41, 5.74) is 6.82. The van der Waals surface area contributed by atoms with Gasteiger partial charge in [-0.1, -0.05) is 18.2 Å². The minimum Gasteiger partial charge on any atom is -0.367 e. The van der Waals surface area contributed by atoms with E-state index in [-0.39, 0.29) is 18.4 Å². The van der Waals surface area contributed by atoms with Crippen LogP contribution in [0.25, 0.3) is 10.9 Å². The van der Waals surface area contributed by atoms with Gasteiger partial charge >= 0.3 is 0 Å². The highest BCUT2D eigenvalue weighted by Crippen LogP contribution is 2.20. The summed E-state index contributed by atoms with van der Waals surface area (Å²) in [7, 11) is 0. The van der Waals surface area contributed by atoms with Crippen LogP contribution in [0.4, 0.5) is 11.6 Å². The van der Waals surface area contributed by atoms with Gasteiger partial charge in [0.25, 0.3) is 0 Å². The van der Waals surface area contributed by atoms with Crippen LogP contribution in [0.3, 0.4) is 0 Å². The van der Waals surface area contributed by atoms with E-state index in [1.807, 2.05) is 30.3 Å². The first-order valence-electron chi connectivity index (χ1n) is 6.01. The van der Waals surface area contributed by atoms with Crippen LogP contribution in [0.5, 0.6) is 0 Å². The molecule has 0 atom stereocenters. The van der Waals surface area contributed by atoms with E-state index < -0.39 is 0 Å². The lowest BCUT2D eigenvalue weighted by atomic mass is 10.2. The van der Waals surface area contributed by atoms with E-state index in [1.165, 1.54) is 11.0 Å². The van der Waals surface area contributed by atoms with Gasteiger partial charge in [0.1, 0.15) is 12.9 Å². The number of rotatable bonds is 3. The molecular weight excluding hydrogens is 256 g/mol. The molecule has 3 aromatic rings. The highest BCUT2D eigenvalue weighted by molar-refractivity contribution is 6.00. The molecule has 0 aliphatic rings. The molecule has 1 amide bonds. The molecule has 1 aromatic carbocycles. The number of hydrogen-bond acceptors (Lipinski definition) is 5. The molecule has 0 saturated carbocycles. The molecule has 2 aromatic heterocycles. The second kappa shape index (κ2) is 4.96. The lowest BCUT2D eigenvalue weighted by molar-refractivity contribution is -0.116. The Kier molecular flexibility index (Phi) is 3.00. The number of carbonyl (C=O) groups excluding carboxylic acids is 1. The number of carbonyl (C=O) groups is 1. The zero-order valence-corrected chi connectivity index (χ0v) is 10.5. The fourth-order valence-corrected chi connectivity index (χ4v) is 1.93. The van der Waals surface area contributed by atoms with Crippen molar-refractivity contribution in [3.63, 3.8) is 0 Å². The molecule has 0 aliphatic heterocycles. The number of nitrogens with one attached hydrogen (secondary N) is 1. The molecule has 0 radical (unpaired) electrons. The summed E-state index contributed by atoms with van der Waals surface area (Å²) in [6.07, 6.45) is 3.10. The number of benzene rings is 1. The third kappa shape index (κ3) is 2.41. The van der Waals surface area contributed by atoms with Crippen LogP contribution in [0.15, 0.2) is 42.9 Å². The first kappa shape index (κ1) is 12.1. The van der Waals surface area contributed by atoms with Crippen LogP contribution in [-0.4, -0.2) is 25.7 Å². The van der Waals surface area contributed by atoms with E-state index in [0.29, 0.717) is 5.69 Å². The molecular formula is C13H12N6O. The van der Waals surface area contributed by atoms with Crippen molar-refractivity contribution in [2.75, 3.05) is 11.1 Å². The third-order valence-corrected chi connectivity index (χ3v) is 2.77. The van der Waals surface area contributed by atoms with Crippen molar-refractivity contribution in [2.24, 2.45) is 0 Å². The van der Waals surface area contributed by atoms with Crippen LogP contribution < -0.4 is 11.1 Å². The van der Waals surface area contributed by atoms with Gasteiger partial charge in [0.2, 0.25) is 11.9 Å². The number of pyridine rings is 1. The Morgan fingerprint density at radius 1 is 1.25 bits per heavy atom. The summed E-state index contributed by atoms with van der Waals surface area (Å²) in [6.45, 7) is 0.0490. The van der Waals surface area contributed by atoms with Crippen LogP contribution in [0.2, 0.25) is 0 Å². The first-order valence-corrected chi connectivity index (χ1v) is 6.01. The van der Waals surface area contributed by atoms with Crippen molar-refractivity contribution in [2.45, 2.75) is 6.54 Å². The highest BCUT2D eigenvalue weighted by atomic mass is 16.2. The number of aromatic nitrogens is 4. The number of amides is 1. The monoisotopic (exact) mass is 268 g/mol. The van der Waals surface area contributed by atoms with E-state index >= 15 is 0 Å². The second-order valence-corrected chi connectivity index (χ2v) is 4.23. The maximum Gasteiger partial charge on any atom is 0.246 e. The van der Waals surface area contributed by atoms with Crippen LogP contribution in [0, 0.1) is 0 Å². The van der Waals surface area contributed by atoms with Crippen LogP contribution in [0.1, 0.15) is 0 Å². The Morgan fingerprint density at radius 2 is 2.10 bits per heavy atom. The summed E-state index contributed by atoms with van der Waals surface area (Å²) in [4.78, 5) is 20.0. The average molecular weight is 268 g/mol. The van der Waals surface area contributed by atoms with Crippen molar-refractivity contribution in [3.05, 3.63) is 42.9 Å². The van der Waals surface area contributed by atoms with Gasteiger partial charge in [0, 0.05) is 11.6 Å². The van der Waals surface area contributed by atoms with Gasteiger partial charge in [0.15, 0.2) is 0 Å². The predicted octanol–water partition coefficient (Wildman–Crippen LogP) is 1.05. The van der Waals surface area contributed by atoms with Gasteiger partial charge in [0.05, 0.1) is 11.2 Å². The molecule has 0 spiro atoms. The van der Waals surface area contributed by atoms with E-state index in [9.17, 15) is 4.79 Å². The van der Waals surface area contributed by atoms with Gasteiger partial charge in [-0.05, 0) is 12.1 Å². The molecule has 0 fully saturated rings. The molecule has 3 N–H and O–H groups in total. The quantitative estimate of drug-likeness (QED) is 0.739. The van der Waals surface area contributed by atoms with Crippen LogP contribution >= 0.6 is 0 Å².